The molecule has 0 bridgehead atoms. The third kappa shape index (κ3) is 3.70. The molecule has 1 aromatic heterocycles. The molecule has 7 heteroatoms. The van der Waals surface area contributed by atoms with Crippen LogP contribution in [0.1, 0.15) is 39.5 Å². The Morgan fingerprint density at radius 1 is 1.35 bits per heavy atom. The minimum absolute atomic E-state index is 0.0486. The predicted octanol–water partition coefficient (Wildman–Crippen LogP) is 2.28. The quantitative estimate of drug-likeness (QED) is 0.868. The Morgan fingerprint density at radius 3 is 2.65 bits per heavy atom. The van der Waals surface area contributed by atoms with Gasteiger partial charge in [0.1, 0.15) is 0 Å². The van der Waals surface area contributed by atoms with Crippen LogP contribution >= 0.6 is 11.6 Å². The van der Waals surface area contributed by atoms with Crippen molar-refractivity contribution in [3.8, 4) is 6.01 Å². The molecule has 0 aromatic carbocycles. The standard InChI is InChI=1S/C13H21ClN4O2/c1-3-20-12-16-10(14)15-11(17-12)18-13(8-19)6-4-9(2)5-7-13/h9,19H,3-8H2,1-2H3,(H,15,16,17,18). The Bertz CT molecular complexity index is 450. The molecule has 0 unspecified atom stereocenters. The molecule has 1 fully saturated rings. The van der Waals surface area contributed by atoms with Crippen LogP contribution in [0.5, 0.6) is 6.01 Å². The number of aliphatic hydroxyl groups excluding tert-OH is 1. The van der Waals surface area contributed by atoms with Crippen molar-refractivity contribution in [2.45, 2.75) is 45.1 Å². The molecule has 1 aliphatic carbocycles. The second kappa shape index (κ2) is 6.54. The van der Waals surface area contributed by atoms with Crippen molar-refractivity contribution in [1.82, 2.24) is 15.0 Å². The van der Waals surface area contributed by atoms with Crippen molar-refractivity contribution in [2.75, 3.05) is 18.5 Å². The third-order valence-corrected chi connectivity index (χ3v) is 3.94. The van der Waals surface area contributed by atoms with E-state index in [1.54, 1.807) is 0 Å². The van der Waals surface area contributed by atoms with Crippen LogP contribution in [0.25, 0.3) is 0 Å². The number of anilines is 1. The lowest BCUT2D eigenvalue weighted by Crippen LogP contribution is -2.45. The molecule has 1 saturated carbocycles. The second-order valence-electron chi connectivity index (χ2n) is 5.39. The number of rotatable bonds is 5. The Kier molecular flexibility index (Phi) is 4.99. The van der Waals surface area contributed by atoms with Crippen molar-refractivity contribution in [1.29, 1.82) is 0 Å². The van der Waals surface area contributed by atoms with E-state index in [9.17, 15) is 5.11 Å². The van der Waals surface area contributed by atoms with E-state index < -0.39 is 0 Å². The highest BCUT2D eigenvalue weighted by molar-refractivity contribution is 6.28. The van der Waals surface area contributed by atoms with E-state index in [0.29, 0.717) is 18.5 Å². The zero-order valence-electron chi connectivity index (χ0n) is 11.9. The molecular formula is C13H21ClN4O2. The molecule has 1 aromatic rings. The molecule has 1 heterocycles. The minimum atomic E-state index is -0.374. The summed E-state index contributed by atoms with van der Waals surface area (Å²) in [6.07, 6.45) is 3.92. The van der Waals surface area contributed by atoms with Crippen molar-refractivity contribution in [2.24, 2.45) is 5.92 Å². The van der Waals surface area contributed by atoms with Crippen molar-refractivity contribution < 1.29 is 9.84 Å². The molecule has 0 saturated heterocycles. The predicted molar refractivity (Wildman–Crippen MR) is 77.1 cm³/mol. The maximum Gasteiger partial charge on any atom is 0.322 e. The van der Waals surface area contributed by atoms with Gasteiger partial charge in [0.15, 0.2) is 0 Å². The molecule has 20 heavy (non-hydrogen) atoms. The zero-order chi connectivity index (χ0) is 14.6. The lowest BCUT2D eigenvalue weighted by atomic mass is 9.77. The van der Waals surface area contributed by atoms with Crippen molar-refractivity contribution in [3.05, 3.63) is 5.28 Å². The Morgan fingerprint density at radius 2 is 2.05 bits per heavy atom. The maximum absolute atomic E-state index is 9.73. The van der Waals surface area contributed by atoms with Gasteiger partial charge < -0.3 is 15.2 Å². The Hall–Kier alpha value is -1.14. The zero-order valence-corrected chi connectivity index (χ0v) is 12.7. The van der Waals surface area contributed by atoms with E-state index in [1.807, 2.05) is 6.92 Å². The van der Waals surface area contributed by atoms with Crippen LogP contribution in [-0.4, -0.2) is 38.8 Å². The molecular weight excluding hydrogens is 280 g/mol. The topological polar surface area (TPSA) is 80.2 Å². The van der Waals surface area contributed by atoms with E-state index in [2.05, 4.69) is 27.2 Å². The minimum Gasteiger partial charge on any atom is -0.464 e. The van der Waals surface area contributed by atoms with Crippen molar-refractivity contribution in [3.63, 3.8) is 0 Å². The molecule has 0 aliphatic heterocycles. The highest BCUT2D eigenvalue weighted by Gasteiger charge is 2.34. The highest BCUT2D eigenvalue weighted by Crippen LogP contribution is 2.34. The van der Waals surface area contributed by atoms with Gasteiger partial charge in [-0.25, -0.2) is 0 Å². The Balaban J connectivity index is 2.14. The van der Waals surface area contributed by atoms with Gasteiger partial charge in [-0.05, 0) is 50.1 Å². The normalized spacial score (nSPS) is 26.3. The van der Waals surface area contributed by atoms with Gasteiger partial charge in [0, 0.05) is 0 Å². The summed E-state index contributed by atoms with van der Waals surface area (Å²) in [6.45, 7) is 4.59. The largest absolute Gasteiger partial charge is 0.464 e. The van der Waals surface area contributed by atoms with E-state index in [1.165, 1.54) is 0 Å². The number of aliphatic hydroxyl groups is 1. The first-order valence-corrected chi connectivity index (χ1v) is 7.38. The number of hydrogen-bond acceptors (Lipinski definition) is 6. The lowest BCUT2D eigenvalue weighted by molar-refractivity contribution is 0.154. The van der Waals surface area contributed by atoms with Crippen LogP contribution in [0.3, 0.4) is 0 Å². The van der Waals surface area contributed by atoms with E-state index in [0.717, 1.165) is 25.7 Å². The van der Waals surface area contributed by atoms with Gasteiger partial charge in [-0.2, -0.15) is 15.0 Å². The van der Waals surface area contributed by atoms with Crippen LogP contribution < -0.4 is 10.1 Å². The number of nitrogens with zero attached hydrogens (tertiary/aromatic N) is 3. The number of hydrogen-bond donors (Lipinski definition) is 2. The first-order chi connectivity index (χ1) is 9.57. The van der Waals surface area contributed by atoms with Gasteiger partial charge in [-0.3, -0.25) is 0 Å². The fourth-order valence-corrected chi connectivity index (χ4v) is 2.61. The number of aromatic nitrogens is 3. The highest BCUT2D eigenvalue weighted by atomic mass is 35.5. The molecule has 112 valence electrons. The van der Waals surface area contributed by atoms with Crippen LogP contribution in [0.2, 0.25) is 5.28 Å². The molecule has 2 rings (SSSR count). The van der Waals surface area contributed by atoms with Gasteiger partial charge in [-0.1, -0.05) is 6.92 Å². The van der Waals surface area contributed by atoms with Crippen LogP contribution in [0.15, 0.2) is 0 Å². The van der Waals surface area contributed by atoms with Gasteiger partial charge in [-0.15, -0.1) is 0 Å². The SMILES string of the molecule is CCOc1nc(Cl)nc(NC2(CO)CCC(C)CC2)n1. The molecule has 0 atom stereocenters. The third-order valence-electron chi connectivity index (χ3n) is 3.77. The first kappa shape index (κ1) is 15.3. The summed E-state index contributed by atoms with van der Waals surface area (Å²) in [7, 11) is 0. The molecule has 1 aliphatic rings. The number of nitrogens with one attached hydrogen (secondary N) is 1. The average Bonchev–Trinajstić information content (AvgIpc) is 2.41. The van der Waals surface area contributed by atoms with Crippen LogP contribution in [-0.2, 0) is 0 Å². The van der Waals surface area contributed by atoms with Gasteiger partial charge in [0.05, 0.1) is 18.8 Å². The molecule has 0 amide bonds. The Labute approximate surface area is 123 Å². The summed E-state index contributed by atoms with van der Waals surface area (Å²) in [5.41, 5.74) is -0.374. The van der Waals surface area contributed by atoms with E-state index >= 15 is 0 Å². The molecule has 0 spiro atoms. The van der Waals surface area contributed by atoms with Crippen LogP contribution in [0, 0.1) is 5.92 Å². The molecule has 6 nitrogen and oxygen atoms in total. The fourth-order valence-electron chi connectivity index (χ4n) is 2.46. The lowest BCUT2D eigenvalue weighted by Gasteiger charge is -2.38. The summed E-state index contributed by atoms with van der Waals surface area (Å²) < 4.78 is 5.25. The summed E-state index contributed by atoms with van der Waals surface area (Å²) in [5.74, 6) is 1.05. The summed E-state index contributed by atoms with van der Waals surface area (Å²) in [5, 5.41) is 13.0. The van der Waals surface area contributed by atoms with Gasteiger partial charge >= 0.3 is 6.01 Å². The second-order valence-corrected chi connectivity index (χ2v) is 5.73. The first-order valence-electron chi connectivity index (χ1n) is 7.00. The molecule has 0 radical (unpaired) electrons. The van der Waals surface area contributed by atoms with E-state index in [-0.39, 0.29) is 23.4 Å². The average molecular weight is 301 g/mol. The smallest absolute Gasteiger partial charge is 0.322 e. The molecule has 2 N–H and O–H groups in total. The summed E-state index contributed by atoms with van der Waals surface area (Å²) >= 11 is 5.87. The monoisotopic (exact) mass is 300 g/mol. The van der Waals surface area contributed by atoms with Gasteiger partial charge in [0.2, 0.25) is 11.2 Å². The maximum atomic E-state index is 9.73. The van der Waals surface area contributed by atoms with Crippen molar-refractivity contribution >= 4 is 17.5 Å². The summed E-state index contributed by atoms with van der Waals surface area (Å²) in [6, 6.07) is 0.201. The van der Waals surface area contributed by atoms with Crippen LogP contribution in [0.4, 0.5) is 5.95 Å². The number of ether oxygens (including phenoxy) is 1. The summed E-state index contributed by atoms with van der Waals surface area (Å²) in [4.78, 5) is 12.1. The number of halogens is 1. The fraction of sp³-hybridized carbons (Fsp3) is 0.769. The van der Waals surface area contributed by atoms with E-state index in [4.69, 9.17) is 16.3 Å². The van der Waals surface area contributed by atoms with Gasteiger partial charge in [0.25, 0.3) is 0 Å².